The second kappa shape index (κ2) is 6.44. The first-order chi connectivity index (χ1) is 5.93. The van der Waals surface area contributed by atoms with Crippen molar-refractivity contribution in [1.29, 1.82) is 0 Å². The van der Waals surface area contributed by atoms with Crippen LogP contribution in [0.2, 0.25) is 0 Å². The number of hydrogen-bond donors (Lipinski definition) is 1. The van der Waals surface area contributed by atoms with Crippen LogP contribution in [0, 0.1) is 0 Å². The fraction of sp³-hybridized carbons (Fsp3) is 1.00. The van der Waals surface area contributed by atoms with E-state index in [1.807, 2.05) is 0 Å². The number of unbranched alkanes of at least 4 members (excludes halogenated alkanes) is 2. The molecule has 72 valence electrons. The largest absolute Gasteiger partial charge is 0.304 e. The molecule has 1 fully saturated rings. The molecular formula is C10H22N2. The Morgan fingerprint density at radius 1 is 1.25 bits per heavy atom. The Labute approximate surface area is 76.3 Å². The lowest BCUT2D eigenvalue weighted by molar-refractivity contribution is 0.266. The summed E-state index contributed by atoms with van der Waals surface area (Å²) in [5.41, 5.74) is 0. The lowest BCUT2D eigenvalue weighted by atomic mass is 10.2. The number of hydrogen-bond acceptors (Lipinski definition) is 2. The van der Waals surface area contributed by atoms with Crippen molar-refractivity contribution in [2.45, 2.75) is 39.0 Å². The molecule has 0 saturated carbocycles. The van der Waals surface area contributed by atoms with Gasteiger partial charge in [-0.3, -0.25) is 4.90 Å². The van der Waals surface area contributed by atoms with E-state index in [0.717, 1.165) is 6.67 Å². The molecule has 1 rings (SSSR count). The molecule has 0 aromatic carbocycles. The lowest BCUT2D eigenvalue weighted by Gasteiger charge is -2.19. The average Bonchev–Trinajstić information content (AvgIpc) is 2.33. The highest BCUT2D eigenvalue weighted by atomic mass is 15.2. The summed E-state index contributed by atoms with van der Waals surface area (Å²) in [5, 5.41) is 3.45. The van der Waals surface area contributed by atoms with Crippen molar-refractivity contribution in [3.05, 3.63) is 0 Å². The maximum atomic E-state index is 3.45. The molecule has 1 aliphatic heterocycles. The van der Waals surface area contributed by atoms with Gasteiger partial charge in [0.05, 0.1) is 0 Å². The average molecular weight is 170 g/mol. The molecule has 0 aromatic rings. The molecule has 1 N–H and O–H groups in total. The maximum absolute atomic E-state index is 3.45. The van der Waals surface area contributed by atoms with Crippen molar-refractivity contribution in [2.24, 2.45) is 0 Å². The molecule has 0 atom stereocenters. The third-order valence-corrected chi connectivity index (χ3v) is 2.49. The van der Waals surface area contributed by atoms with E-state index < -0.39 is 0 Å². The van der Waals surface area contributed by atoms with E-state index in [9.17, 15) is 0 Å². The van der Waals surface area contributed by atoms with E-state index in [1.54, 1.807) is 0 Å². The summed E-state index contributed by atoms with van der Waals surface area (Å²) in [4.78, 5) is 2.54. The quantitative estimate of drug-likeness (QED) is 0.647. The second-order valence-corrected chi connectivity index (χ2v) is 3.69. The van der Waals surface area contributed by atoms with Gasteiger partial charge in [-0.2, -0.15) is 0 Å². The SMILES string of the molecule is CCCCCN1CCCCNC1. The van der Waals surface area contributed by atoms with Crippen molar-refractivity contribution in [3.63, 3.8) is 0 Å². The number of nitrogens with zero attached hydrogens (tertiary/aromatic N) is 1. The van der Waals surface area contributed by atoms with Crippen LogP contribution in [0.25, 0.3) is 0 Å². The Bertz CT molecular complexity index is 96.0. The molecule has 2 nitrogen and oxygen atoms in total. The van der Waals surface area contributed by atoms with Gasteiger partial charge in [0, 0.05) is 6.67 Å². The maximum Gasteiger partial charge on any atom is 0.0480 e. The molecule has 2 heteroatoms. The summed E-state index contributed by atoms with van der Waals surface area (Å²) in [6, 6.07) is 0. The number of rotatable bonds is 4. The smallest absolute Gasteiger partial charge is 0.0480 e. The Hall–Kier alpha value is -0.0800. The van der Waals surface area contributed by atoms with E-state index in [2.05, 4.69) is 17.1 Å². The van der Waals surface area contributed by atoms with Gasteiger partial charge >= 0.3 is 0 Å². The van der Waals surface area contributed by atoms with Gasteiger partial charge in [-0.1, -0.05) is 19.8 Å². The second-order valence-electron chi connectivity index (χ2n) is 3.69. The van der Waals surface area contributed by atoms with E-state index in [0.29, 0.717) is 0 Å². The minimum atomic E-state index is 1.11. The highest BCUT2D eigenvalue weighted by Crippen LogP contribution is 2.02. The van der Waals surface area contributed by atoms with Gasteiger partial charge in [-0.25, -0.2) is 0 Å². The van der Waals surface area contributed by atoms with Crippen LogP contribution >= 0.6 is 0 Å². The summed E-state index contributed by atoms with van der Waals surface area (Å²) in [5.74, 6) is 0. The third kappa shape index (κ3) is 4.07. The summed E-state index contributed by atoms with van der Waals surface area (Å²) in [6.45, 7) is 7.19. The van der Waals surface area contributed by atoms with Crippen molar-refractivity contribution in [3.8, 4) is 0 Å². The van der Waals surface area contributed by atoms with Crippen molar-refractivity contribution in [1.82, 2.24) is 10.2 Å². The monoisotopic (exact) mass is 170 g/mol. The zero-order valence-electron chi connectivity index (χ0n) is 8.31. The number of nitrogens with one attached hydrogen (secondary N) is 1. The van der Waals surface area contributed by atoms with Crippen LogP contribution in [0.4, 0.5) is 0 Å². The van der Waals surface area contributed by atoms with Crippen molar-refractivity contribution >= 4 is 0 Å². The van der Waals surface area contributed by atoms with Crippen LogP contribution in [-0.2, 0) is 0 Å². The molecule has 0 aromatic heterocycles. The van der Waals surface area contributed by atoms with Gasteiger partial charge in [0.1, 0.15) is 0 Å². The first-order valence-electron chi connectivity index (χ1n) is 5.36. The highest BCUT2D eigenvalue weighted by Gasteiger charge is 2.06. The Morgan fingerprint density at radius 2 is 2.17 bits per heavy atom. The molecular weight excluding hydrogens is 148 g/mol. The van der Waals surface area contributed by atoms with Crippen molar-refractivity contribution in [2.75, 3.05) is 26.3 Å². The summed E-state index contributed by atoms with van der Waals surface area (Å²) in [7, 11) is 0. The van der Waals surface area contributed by atoms with Gasteiger partial charge in [0.15, 0.2) is 0 Å². The topological polar surface area (TPSA) is 15.3 Å². The molecule has 0 unspecified atom stereocenters. The predicted octanol–water partition coefficient (Wildman–Crippen LogP) is 1.82. The van der Waals surface area contributed by atoms with Crippen LogP contribution in [0.15, 0.2) is 0 Å². The summed E-state index contributed by atoms with van der Waals surface area (Å²) < 4.78 is 0. The van der Waals surface area contributed by atoms with E-state index in [1.165, 1.54) is 51.7 Å². The van der Waals surface area contributed by atoms with Gasteiger partial charge in [-0.15, -0.1) is 0 Å². The molecule has 0 amide bonds. The minimum Gasteiger partial charge on any atom is -0.304 e. The van der Waals surface area contributed by atoms with Gasteiger partial charge < -0.3 is 5.32 Å². The third-order valence-electron chi connectivity index (χ3n) is 2.49. The predicted molar refractivity (Wildman–Crippen MR) is 53.2 cm³/mol. The first kappa shape index (κ1) is 10.0. The highest BCUT2D eigenvalue weighted by molar-refractivity contribution is 4.62. The molecule has 1 saturated heterocycles. The van der Waals surface area contributed by atoms with Crippen LogP contribution in [0.5, 0.6) is 0 Å². The molecule has 12 heavy (non-hydrogen) atoms. The van der Waals surface area contributed by atoms with Crippen LogP contribution in [0.3, 0.4) is 0 Å². The Morgan fingerprint density at radius 3 is 3.00 bits per heavy atom. The van der Waals surface area contributed by atoms with Crippen molar-refractivity contribution < 1.29 is 0 Å². The lowest BCUT2D eigenvalue weighted by Crippen LogP contribution is -2.33. The Kier molecular flexibility index (Phi) is 5.37. The standard InChI is InChI=1S/C10H22N2/c1-2-3-5-8-12-9-6-4-7-11-10-12/h11H,2-10H2,1H3. The molecule has 0 radical (unpaired) electrons. The van der Waals surface area contributed by atoms with E-state index in [-0.39, 0.29) is 0 Å². The fourth-order valence-corrected chi connectivity index (χ4v) is 1.68. The molecule has 1 heterocycles. The summed E-state index contributed by atoms with van der Waals surface area (Å²) >= 11 is 0. The molecule has 0 aliphatic carbocycles. The van der Waals surface area contributed by atoms with Crippen LogP contribution in [-0.4, -0.2) is 31.2 Å². The Balaban J connectivity index is 2.04. The molecule has 0 bridgehead atoms. The zero-order valence-corrected chi connectivity index (χ0v) is 8.31. The summed E-state index contributed by atoms with van der Waals surface area (Å²) in [6.07, 6.45) is 6.82. The van der Waals surface area contributed by atoms with Gasteiger partial charge in [0.25, 0.3) is 0 Å². The normalized spacial score (nSPS) is 20.8. The fourth-order valence-electron chi connectivity index (χ4n) is 1.68. The zero-order chi connectivity index (χ0) is 8.65. The first-order valence-corrected chi connectivity index (χ1v) is 5.36. The molecule has 0 spiro atoms. The van der Waals surface area contributed by atoms with E-state index in [4.69, 9.17) is 0 Å². The van der Waals surface area contributed by atoms with Crippen LogP contribution in [0.1, 0.15) is 39.0 Å². The van der Waals surface area contributed by atoms with Gasteiger partial charge in [0.2, 0.25) is 0 Å². The van der Waals surface area contributed by atoms with Gasteiger partial charge in [-0.05, 0) is 38.9 Å². The van der Waals surface area contributed by atoms with E-state index >= 15 is 0 Å². The minimum absolute atomic E-state index is 1.11. The van der Waals surface area contributed by atoms with Crippen LogP contribution < -0.4 is 5.32 Å². The molecule has 1 aliphatic rings.